The van der Waals surface area contributed by atoms with Crippen LogP contribution in [0.3, 0.4) is 0 Å². The van der Waals surface area contributed by atoms with E-state index in [0.29, 0.717) is 12.1 Å². The fourth-order valence-electron chi connectivity index (χ4n) is 2.15. The standard InChI is InChI=1S/C19H23NO3S/c1-19(2,3)14-6-8-15(9-7-14)20-17(21)13-23-18(22)11-10-16-5-4-12-24-16/h4-9,12H,10-11,13H2,1-3H3,(H,20,21). The molecule has 2 aromatic rings. The maximum absolute atomic E-state index is 11.8. The molecule has 1 heterocycles. The number of hydrogen-bond donors (Lipinski definition) is 1. The number of ether oxygens (including phenoxy) is 1. The van der Waals surface area contributed by atoms with Crippen LogP contribution in [0, 0.1) is 0 Å². The smallest absolute Gasteiger partial charge is 0.306 e. The van der Waals surface area contributed by atoms with Crippen LogP contribution >= 0.6 is 11.3 Å². The largest absolute Gasteiger partial charge is 0.456 e. The number of hydrogen-bond acceptors (Lipinski definition) is 4. The first-order chi connectivity index (χ1) is 11.3. The minimum absolute atomic E-state index is 0.0701. The average molecular weight is 345 g/mol. The normalized spacial score (nSPS) is 11.1. The van der Waals surface area contributed by atoms with E-state index in [0.717, 1.165) is 4.88 Å². The molecule has 4 nitrogen and oxygen atoms in total. The third-order valence-electron chi connectivity index (χ3n) is 3.55. The highest BCUT2D eigenvalue weighted by Crippen LogP contribution is 2.23. The Morgan fingerprint density at radius 1 is 1.12 bits per heavy atom. The van der Waals surface area contributed by atoms with E-state index in [-0.39, 0.29) is 30.3 Å². The van der Waals surface area contributed by atoms with Crippen molar-refractivity contribution in [3.05, 3.63) is 52.2 Å². The van der Waals surface area contributed by atoms with Crippen LogP contribution in [0.2, 0.25) is 0 Å². The molecule has 0 unspecified atom stereocenters. The number of amides is 1. The van der Waals surface area contributed by atoms with Crippen LogP contribution in [0.15, 0.2) is 41.8 Å². The SMILES string of the molecule is CC(C)(C)c1ccc(NC(=O)COC(=O)CCc2cccs2)cc1. The van der Waals surface area contributed by atoms with Crippen LogP contribution in [0.25, 0.3) is 0 Å². The topological polar surface area (TPSA) is 55.4 Å². The number of thiophene rings is 1. The summed E-state index contributed by atoms with van der Waals surface area (Å²) in [5.74, 6) is -0.690. The summed E-state index contributed by atoms with van der Waals surface area (Å²) in [4.78, 5) is 24.6. The van der Waals surface area contributed by atoms with Crippen molar-refractivity contribution in [3.8, 4) is 0 Å². The molecule has 0 aliphatic rings. The van der Waals surface area contributed by atoms with Gasteiger partial charge in [0.05, 0.1) is 6.42 Å². The van der Waals surface area contributed by atoms with Crippen molar-refractivity contribution in [2.24, 2.45) is 0 Å². The summed E-state index contributed by atoms with van der Waals surface area (Å²) in [5.41, 5.74) is 1.96. The molecular weight excluding hydrogens is 322 g/mol. The van der Waals surface area contributed by atoms with Gasteiger partial charge in [-0.1, -0.05) is 39.0 Å². The number of benzene rings is 1. The predicted octanol–water partition coefficient (Wildman–Crippen LogP) is 4.16. The lowest BCUT2D eigenvalue weighted by Crippen LogP contribution is -2.21. The van der Waals surface area contributed by atoms with Gasteiger partial charge in [0.25, 0.3) is 5.91 Å². The number of carbonyl (C=O) groups excluding carboxylic acids is 2. The van der Waals surface area contributed by atoms with E-state index < -0.39 is 0 Å². The molecule has 0 aliphatic carbocycles. The molecule has 1 aromatic heterocycles. The Morgan fingerprint density at radius 3 is 2.42 bits per heavy atom. The number of esters is 1. The molecular formula is C19H23NO3S. The summed E-state index contributed by atoms with van der Waals surface area (Å²) >= 11 is 1.61. The number of aryl methyl sites for hydroxylation is 1. The maximum atomic E-state index is 11.8. The summed E-state index contributed by atoms with van der Waals surface area (Å²) in [7, 11) is 0. The minimum atomic E-state index is -0.360. The van der Waals surface area contributed by atoms with Gasteiger partial charge < -0.3 is 10.1 Å². The Hall–Kier alpha value is -2.14. The summed E-state index contributed by atoms with van der Waals surface area (Å²) in [5, 5.41) is 4.70. The van der Waals surface area contributed by atoms with Gasteiger partial charge in [0.2, 0.25) is 0 Å². The summed E-state index contributed by atoms with van der Waals surface area (Å²) in [6.07, 6.45) is 0.931. The van der Waals surface area contributed by atoms with Gasteiger partial charge in [-0.3, -0.25) is 9.59 Å². The highest BCUT2D eigenvalue weighted by molar-refractivity contribution is 7.09. The van der Waals surface area contributed by atoms with Crippen LogP contribution < -0.4 is 5.32 Å². The van der Waals surface area contributed by atoms with E-state index in [1.165, 1.54) is 5.56 Å². The van der Waals surface area contributed by atoms with Gasteiger partial charge in [-0.05, 0) is 41.0 Å². The summed E-state index contributed by atoms with van der Waals surface area (Å²) in [6, 6.07) is 11.6. The van der Waals surface area contributed by atoms with Crippen LogP contribution in [0.5, 0.6) is 0 Å². The first kappa shape index (κ1) is 18.2. The number of rotatable bonds is 6. The van der Waals surface area contributed by atoms with Gasteiger partial charge >= 0.3 is 5.97 Å². The zero-order valence-electron chi connectivity index (χ0n) is 14.3. The lowest BCUT2D eigenvalue weighted by atomic mass is 9.87. The molecule has 0 radical (unpaired) electrons. The Labute approximate surface area is 146 Å². The molecule has 0 fully saturated rings. The molecule has 0 saturated carbocycles. The van der Waals surface area contributed by atoms with E-state index in [9.17, 15) is 9.59 Å². The van der Waals surface area contributed by atoms with Crippen molar-refractivity contribution in [1.82, 2.24) is 0 Å². The quantitative estimate of drug-likeness (QED) is 0.800. The fraction of sp³-hybridized carbons (Fsp3) is 0.368. The van der Waals surface area contributed by atoms with Crippen LogP contribution in [0.4, 0.5) is 5.69 Å². The summed E-state index contributed by atoms with van der Waals surface area (Å²) < 4.78 is 5.01. The van der Waals surface area contributed by atoms with Crippen molar-refractivity contribution >= 4 is 28.9 Å². The lowest BCUT2D eigenvalue weighted by Gasteiger charge is -2.19. The second-order valence-corrected chi connectivity index (χ2v) is 7.65. The van der Waals surface area contributed by atoms with Gasteiger partial charge in [-0.25, -0.2) is 0 Å². The van der Waals surface area contributed by atoms with Gasteiger partial charge in [-0.15, -0.1) is 11.3 Å². The third kappa shape index (κ3) is 5.81. The van der Waals surface area contributed by atoms with Crippen molar-refractivity contribution in [2.75, 3.05) is 11.9 Å². The van der Waals surface area contributed by atoms with E-state index >= 15 is 0 Å². The third-order valence-corrected chi connectivity index (χ3v) is 4.49. The molecule has 1 aromatic carbocycles. The Balaban J connectivity index is 1.73. The molecule has 0 atom stereocenters. The van der Waals surface area contributed by atoms with Gasteiger partial charge in [-0.2, -0.15) is 0 Å². The Kier molecular flexibility index (Phi) is 6.15. The molecule has 0 saturated heterocycles. The molecule has 0 bridgehead atoms. The van der Waals surface area contributed by atoms with Crippen molar-refractivity contribution in [2.45, 2.75) is 39.0 Å². The number of carbonyl (C=O) groups is 2. The molecule has 1 N–H and O–H groups in total. The number of anilines is 1. The molecule has 128 valence electrons. The van der Waals surface area contributed by atoms with Gasteiger partial charge in [0, 0.05) is 10.6 Å². The molecule has 0 aliphatic heterocycles. The second-order valence-electron chi connectivity index (χ2n) is 6.62. The van der Waals surface area contributed by atoms with Crippen molar-refractivity contribution in [1.29, 1.82) is 0 Å². The fourth-order valence-corrected chi connectivity index (χ4v) is 2.86. The molecule has 0 spiro atoms. The van der Waals surface area contributed by atoms with Crippen molar-refractivity contribution < 1.29 is 14.3 Å². The minimum Gasteiger partial charge on any atom is -0.456 e. The zero-order chi connectivity index (χ0) is 17.6. The zero-order valence-corrected chi connectivity index (χ0v) is 15.1. The monoisotopic (exact) mass is 345 g/mol. The van der Waals surface area contributed by atoms with Crippen LogP contribution in [-0.4, -0.2) is 18.5 Å². The highest BCUT2D eigenvalue weighted by atomic mass is 32.1. The second kappa shape index (κ2) is 8.11. The van der Waals surface area contributed by atoms with Gasteiger partial charge in [0.1, 0.15) is 0 Å². The van der Waals surface area contributed by atoms with Crippen LogP contribution in [0.1, 0.15) is 37.6 Å². The van der Waals surface area contributed by atoms with E-state index in [4.69, 9.17) is 4.74 Å². The average Bonchev–Trinajstić information content (AvgIpc) is 3.04. The Morgan fingerprint density at radius 2 is 1.83 bits per heavy atom. The first-order valence-corrected chi connectivity index (χ1v) is 8.81. The van der Waals surface area contributed by atoms with E-state index in [1.54, 1.807) is 11.3 Å². The van der Waals surface area contributed by atoms with E-state index in [2.05, 4.69) is 26.1 Å². The van der Waals surface area contributed by atoms with Crippen LogP contribution in [-0.2, 0) is 26.2 Å². The Bertz CT molecular complexity index is 670. The van der Waals surface area contributed by atoms with Crippen molar-refractivity contribution in [3.63, 3.8) is 0 Å². The lowest BCUT2D eigenvalue weighted by molar-refractivity contribution is -0.147. The molecule has 2 rings (SSSR count). The van der Waals surface area contributed by atoms with E-state index in [1.807, 2.05) is 41.8 Å². The highest BCUT2D eigenvalue weighted by Gasteiger charge is 2.13. The first-order valence-electron chi connectivity index (χ1n) is 7.93. The molecule has 1 amide bonds. The maximum Gasteiger partial charge on any atom is 0.306 e. The predicted molar refractivity (Wildman–Crippen MR) is 97.4 cm³/mol. The molecule has 24 heavy (non-hydrogen) atoms. The molecule has 5 heteroatoms. The number of nitrogens with one attached hydrogen (secondary N) is 1. The summed E-state index contributed by atoms with van der Waals surface area (Å²) in [6.45, 7) is 6.15. The van der Waals surface area contributed by atoms with Gasteiger partial charge in [0.15, 0.2) is 6.61 Å².